The van der Waals surface area contributed by atoms with E-state index in [2.05, 4.69) is 4.62 Å². The van der Waals surface area contributed by atoms with Gasteiger partial charge < -0.3 is 20.0 Å². The SMILES string of the molecule is CC(O)(O)N(OP(=O)(O)O)c1ccccc1. The zero-order chi connectivity index (χ0) is 12.4. The molecule has 90 valence electrons. The smallest absolute Gasteiger partial charge is 0.347 e. The highest BCUT2D eigenvalue weighted by Crippen LogP contribution is 2.40. The van der Waals surface area contributed by atoms with Crippen LogP contribution in [0.5, 0.6) is 0 Å². The number of nitrogens with zero attached hydrogens (tertiary/aromatic N) is 1. The quantitative estimate of drug-likeness (QED) is 0.342. The Balaban J connectivity index is 3.03. The molecule has 1 aromatic carbocycles. The van der Waals surface area contributed by atoms with Crippen LogP contribution in [0, 0.1) is 0 Å². The third kappa shape index (κ3) is 3.90. The molecule has 8 heteroatoms. The second-order valence-corrected chi connectivity index (χ2v) is 4.32. The maximum Gasteiger partial charge on any atom is 0.491 e. The van der Waals surface area contributed by atoms with Crippen LogP contribution >= 0.6 is 7.82 Å². The average Bonchev–Trinajstić information content (AvgIpc) is 2.13. The molecule has 0 fully saturated rings. The second-order valence-electron chi connectivity index (χ2n) is 3.17. The molecule has 0 radical (unpaired) electrons. The molecule has 0 heterocycles. The fourth-order valence-corrected chi connectivity index (χ4v) is 1.50. The van der Waals surface area contributed by atoms with Crippen molar-refractivity contribution >= 4 is 13.5 Å². The predicted octanol–water partition coefficient (Wildman–Crippen LogP) is 0.176. The Kier molecular flexibility index (Phi) is 3.69. The Hall–Kier alpha value is -0.950. The van der Waals surface area contributed by atoms with Crippen molar-refractivity contribution in [2.24, 2.45) is 0 Å². The van der Waals surface area contributed by atoms with Crippen molar-refractivity contribution in [3.8, 4) is 0 Å². The molecule has 1 aromatic rings. The molecule has 0 unspecified atom stereocenters. The number of hydrogen-bond acceptors (Lipinski definition) is 5. The predicted molar refractivity (Wildman–Crippen MR) is 54.9 cm³/mol. The van der Waals surface area contributed by atoms with Gasteiger partial charge in [-0.3, -0.25) is 0 Å². The summed E-state index contributed by atoms with van der Waals surface area (Å²) >= 11 is 0. The van der Waals surface area contributed by atoms with Crippen molar-refractivity contribution in [2.45, 2.75) is 12.8 Å². The summed E-state index contributed by atoms with van der Waals surface area (Å²) in [6, 6.07) is 7.57. The average molecular weight is 249 g/mol. The molecule has 16 heavy (non-hydrogen) atoms. The van der Waals surface area contributed by atoms with E-state index in [-0.39, 0.29) is 5.69 Å². The van der Waals surface area contributed by atoms with Gasteiger partial charge in [0.05, 0.1) is 5.69 Å². The number of benzene rings is 1. The zero-order valence-electron chi connectivity index (χ0n) is 8.39. The van der Waals surface area contributed by atoms with Gasteiger partial charge in [-0.1, -0.05) is 18.2 Å². The van der Waals surface area contributed by atoms with Crippen LogP contribution in [0.1, 0.15) is 6.92 Å². The standard InChI is InChI=1S/C8H12NO6P/c1-8(10,11)9(15-16(12,13)14)7-5-3-2-4-6-7/h2-6,10-11H,1H3,(H2,12,13,14). The first kappa shape index (κ1) is 13.1. The summed E-state index contributed by atoms with van der Waals surface area (Å²) in [7, 11) is -4.88. The monoisotopic (exact) mass is 249 g/mol. The Morgan fingerprint density at radius 1 is 1.25 bits per heavy atom. The van der Waals surface area contributed by atoms with Crippen LogP contribution < -0.4 is 5.06 Å². The lowest BCUT2D eigenvalue weighted by atomic mass is 10.3. The molecule has 0 saturated heterocycles. The topological polar surface area (TPSA) is 110 Å². The van der Waals surface area contributed by atoms with Crippen molar-refractivity contribution in [1.29, 1.82) is 0 Å². The van der Waals surface area contributed by atoms with Crippen LogP contribution in [0.2, 0.25) is 0 Å². The summed E-state index contributed by atoms with van der Waals surface area (Å²) in [5.41, 5.74) is 0.0957. The lowest BCUT2D eigenvalue weighted by molar-refractivity contribution is -0.183. The van der Waals surface area contributed by atoms with Gasteiger partial charge in [-0.05, 0) is 12.1 Å². The minimum Gasteiger partial charge on any atom is -0.347 e. The van der Waals surface area contributed by atoms with Crippen molar-refractivity contribution in [1.82, 2.24) is 0 Å². The van der Waals surface area contributed by atoms with E-state index >= 15 is 0 Å². The number of hydroxylamine groups is 1. The number of anilines is 1. The fraction of sp³-hybridized carbons (Fsp3) is 0.250. The van der Waals surface area contributed by atoms with E-state index < -0.39 is 13.7 Å². The number of aliphatic hydroxyl groups is 2. The van der Waals surface area contributed by atoms with E-state index in [1.54, 1.807) is 18.2 Å². The molecule has 7 nitrogen and oxygen atoms in total. The molecule has 0 aliphatic heterocycles. The van der Waals surface area contributed by atoms with E-state index in [4.69, 9.17) is 9.79 Å². The van der Waals surface area contributed by atoms with Crippen LogP contribution in [0.25, 0.3) is 0 Å². The van der Waals surface area contributed by atoms with Gasteiger partial charge in [0, 0.05) is 6.92 Å². The lowest BCUT2D eigenvalue weighted by Crippen LogP contribution is -2.45. The van der Waals surface area contributed by atoms with E-state index in [1.807, 2.05) is 0 Å². The summed E-state index contributed by atoms with van der Waals surface area (Å²) in [6.45, 7) is 0.912. The number of hydrogen-bond donors (Lipinski definition) is 4. The van der Waals surface area contributed by atoms with Gasteiger partial charge in [-0.15, -0.1) is 0 Å². The van der Waals surface area contributed by atoms with Crippen molar-refractivity contribution in [3.05, 3.63) is 30.3 Å². The molecule has 4 N–H and O–H groups in total. The first-order valence-electron chi connectivity index (χ1n) is 4.25. The number of phosphoric acid groups is 1. The third-order valence-corrected chi connectivity index (χ3v) is 1.94. The maximum absolute atomic E-state index is 10.7. The second kappa shape index (κ2) is 4.50. The molecule has 1 rings (SSSR count). The van der Waals surface area contributed by atoms with Gasteiger partial charge in [0.25, 0.3) is 5.91 Å². The third-order valence-electron chi connectivity index (χ3n) is 1.56. The van der Waals surface area contributed by atoms with Gasteiger partial charge in [0.1, 0.15) is 0 Å². The number of para-hydroxylation sites is 1. The molecule has 0 aliphatic rings. The van der Waals surface area contributed by atoms with Crippen LogP contribution in [-0.4, -0.2) is 25.9 Å². The summed E-state index contributed by atoms with van der Waals surface area (Å²) < 4.78 is 14.9. The highest BCUT2D eigenvalue weighted by molar-refractivity contribution is 7.46. The molecule has 0 spiro atoms. The summed E-state index contributed by atoms with van der Waals surface area (Å²) in [6.07, 6.45) is 0. The molecular weight excluding hydrogens is 237 g/mol. The normalized spacial score (nSPS) is 12.6. The summed E-state index contributed by atoms with van der Waals surface area (Å²) in [5.74, 6) is -2.55. The van der Waals surface area contributed by atoms with Gasteiger partial charge in [0.2, 0.25) is 0 Å². The molecule has 0 bridgehead atoms. The highest BCUT2D eigenvalue weighted by atomic mass is 31.2. The Labute approximate surface area is 91.7 Å². The summed E-state index contributed by atoms with van der Waals surface area (Å²) in [4.78, 5) is 17.3. The van der Waals surface area contributed by atoms with E-state index in [0.717, 1.165) is 6.92 Å². The van der Waals surface area contributed by atoms with Gasteiger partial charge in [0.15, 0.2) is 0 Å². The number of rotatable bonds is 4. The minimum absolute atomic E-state index is 0.0957. The van der Waals surface area contributed by atoms with Crippen molar-refractivity contribution in [3.63, 3.8) is 0 Å². The first-order chi connectivity index (χ1) is 7.20. The Bertz CT molecular complexity index is 383. The molecule has 0 aliphatic carbocycles. The lowest BCUT2D eigenvalue weighted by Gasteiger charge is -2.32. The van der Waals surface area contributed by atoms with Crippen LogP contribution in [0.15, 0.2) is 30.3 Å². The summed E-state index contributed by atoms with van der Waals surface area (Å²) in [5, 5.41) is 18.9. The molecule has 0 atom stereocenters. The fourth-order valence-electron chi connectivity index (χ4n) is 1.04. The van der Waals surface area contributed by atoms with E-state index in [0.29, 0.717) is 5.06 Å². The van der Waals surface area contributed by atoms with E-state index in [9.17, 15) is 14.8 Å². The van der Waals surface area contributed by atoms with E-state index in [1.165, 1.54) is 12.1 Å². The van der Waals surface area contributed by atoms with Gasteiger partial charge in [-0.25, -0.2) is 4.57 Å². The first-order valence-corrected chi connectivity index (χ1v) is 5.78. The molecular formula is C8H12NO6P. The Morgan fingerprint density at radius 2 is 1.75 bits per heavy atom. The molecule has 0 saturated carbocycles. The van der Waals surface area contributed by atoms with Crippen LogP contribution in [-0.2, 0) is 9.19 Å². The molecule has 0 aromatic heterocycles. The van der Waals surface area contributed by atoms with Gasteiger partial charge >= 0.3 is 7.82 Å². The largest absolute Gasteiger partial charge is 0.491 e. The minimum atomic E-state index is -4.88. The zero-order valence-corrected chi connectivity index (χ0v) is 9.28. The molecule has 0 amide bonds. The van der Waals surface area contributed by atoms with Crippen LogP contribution in [0.4, 0.5) is 5.69 Å². The van der Waals surface area contributed by atoms with Crippen molar-refractivity contribution < 1.29 is 29.2 Å². The Morgan fingerprint density at radius 3 is 2.12 bits per heavy atom. The van der Waals surface area contributed by atoms with Gasteiger partial charge in [-0.2, -0.15) is 9.69 Å². The van der Waals surface area contributed by atoms with Crippen molar-refractivity contribution in [2.75, 3.05) is 5.06 Å². The highest BCUT2D eigenvalue weighted by Gasteiger charge is 2.33. The maximum atomic E-state index is 10.7. The van der Waals surface area contributed by atoms with Crippen LogP contribution in [0.3, 0.4) is 0 Å².